The topological polar surface area (TPSA) is 29.5 Å². The largest absolute Gasteiger partial charge is 0.497 e. The molecule has 94 valence electrons. The zero-order valence-electron chi connectivity index (χ0n) is 10.8. The van der Waals surface area contributed by atoms with Gasteiger partial charge in [0.1, 0.15) is 5.75 Å². The SMILES string of the molecule is COc1ccc([C@](C)(O)C2CCCCC2)cc1. The van der Waals surface area contributed by atoms with Crippen LogP contribution in [0.2, 0.25) is 0 Å². The van der Waals surface area contributed by atoms with Crippen molar-refractivity contribution in [1.29, 1.82) is 0 Å². The highest BCUT2D eigenvalue weighted by Crippen LogP contribution is 2.39. The van der Waals surface area contributed by atoms with E-state index in [1.54, 1.807) is 7.11 Å². The second kappa shape index (κ2) is 5.09. The minimum Gasteiger partial charge on any atom is -0.497 e. The molecular formula is C15H22O2. The van der Waals surface area contributed by atoms with Crippen LogP contribution in [-0.4, -0.2) is 12.2 Å². The average Bonchev–Trinajstić information content (AvgIpc) is 2.40. The molecule has 0 aromatic heterocycles. The molecule has 0 spiro atoms. The molecule has 0 bridgehead atoms. The van der Waals surface area contributed by atoms with Gasteiger partial charge < -0.3 is 9.84 Å². The van der Waals surface area contributed by atoms with Crippen molar-refractivity contribution in [2.24, 2.45) is 5.92 Å². The van der Waals surface area contributed by atoms with Crippen LogP contribution in [0.25, 0.3) is 0 Å². The Labute approximate surface area is 104 Å². The smallest absolute Gasteiger partial charge is 0.118 e. The summed E-state index contributed by atoms with van der Waals surface area (Å²) in [6.07, 6.45) is 6.08. The molecule has 0 saturated heterocycles. The first-order valence-electron chi connectivity index (χ1n) is 6.51. The van der Waals surface area contributed by atoms with Crippen LogP contribution in [0, 0.1) is 5.92 Å². The van der Waals surface area contributed by atoms with E-state index in [9.17, 15) is 5.11 Å². The Kier molecular flexibility index (Phi) is 3.72. The van der Waals surface area contributed by atoms with Gasteiger partial charge in [0.25, 0.3) is 0 Å². The maximum Gasteiger partial charge on any atom is 0.118 e. The molecule has 0 heterocycles. The fourth-order valence-corrected chi connectivity index (χ4v) is 2.83. The molecule has 0 aliphatic heterocycles. The van der Waals surface area contributed by atoms with Crippen LogP contribution in [0.15, 0.2) is 24.3 Å². The highest BCUT2D eigenvalue weighted by atomic mass is 16.5. The summed E-state index contributed by atoms with van der Waals surface area (Å²) in [6, 6.07) is 7.81. The number of benzene rings is 1. The number of aliphatic hydroxyl groups is 1. The van der Waals surface area contributed by atoms with Crippen LogP contribution in [0.5, 0.6) is 5.75 Å². The first kappa shape index (κ1) is 12.4. The molecule has 1 aromatic rings. The Balaban J connectivity index is 2.17. The summed E-state index contributed by atoms with van der Waals surface area (Å²) < 4.78 is 5.15. The van der Waals surface area contributed by atoms with Crippen LogP contribution in [0.4, 0.5) is 0 Å². The second-order valence-electron chi connectivity index (χ2n) is 5.21. The highest BCUT2D eigenvalue weighted by molar-refractivity contribution is 5.31. The van der Waals surface area contributed by atoms with E-state index in [0.717, 1.165) is 24.2 Å². The summed E-state index contributed by atoms with van der Waals surface area (Å²) in [5.74, 6) is 1.23. The number of hydrogen-bond acceptors (Lipinski definition) is 2. The predicted molar refractivity (Wildman–Crippen MR) is 69.1 cm³/mol. The third-order valence-electron chi connectivity index (χ3n) is 4.07. The first-order valence-corrected chi connectivity index (χ1v) is 6.51. The van der Waals surface area contributed by atoms with Gasteiger partial charge in [-0.1, -0.05) is 31.4 Å². The van der Waals surface area contributed by atoms with E-state index in [1.165, 1.54) is 19.3 Å². The number of methoxy groups -OCH3 is 1. The maximum absolute atomic E-state index is 10.7. The van der Waals surface area contributed by atoms with Crippen LogP contribution >= 0.6 is 0 Å². The Morgan fingerprint density at radius 2 is 1.71 bits per heavy atom. The van der Waals surface area contributed by atoms with Gasteiger partial charge in [-0.15, -0.1) is 0 Å². The molecule has 17 heavy (non-hydrogen) atoms. The summed E-state index contributed by atoms with van der Waals surface area (Å²) >= 11 is 0. The lowest BCUT2D eigenvalue weighted by Gasteiger charge is -2.36. The molecule has 1 saturated carbocycles. The lowest BCUT2D eigenvalue weighted by Crippen LogP contribution is -2.33. The van der Waals surface area contributed by atoms with Gasteiger partial charge in [-0.2, -0.15) is 0 Å². The monoisotopic (exact) mass is 234 g/mol. The van der Waals surface area contributed by atoms with Gasteiger partial charge in [0.15, 0.2) is 0 Å². The molecule has 0 radical (unpaired) electrons. The van der Waals surface area contributed by atoms with E-state index in [-0.39, 0.29) is 0 Å². The van der Waals surface area contributed by atoms with Crippen molar-refractivity contribution in [2.45, 2.75) is 44.6 Å². The molecule has 0 unspecified atom stereocenters. The van der Waals surface area contributed by atoms with E-state index in [0.29, 0.717) is 5.92 Å². The van der Waals surface area contributed by atoms with E-state index < -0.39 is 5.60 Å². The number of ether oxygens (including phenoxy) is 1. The Hall–Kier alpha value is -1.02. The molecule has 0 amide bonds. The molecule has 2 rings (SSSR count). The van der Waals surface area contributed by atoms with Crippen LogP contribution < -0.4 is 4.74 Å². The van der Waals surface area contributed by atoms with Gasteiger partial charge in [0, 0.05) is 0 Å². The van der Waals surface area contributed by atoms with Crippen molar-refractivity contribution >= 4 is 0 Å². The fourth-order valence-electron chi connectivity index (χ4n) is 2.83. The molecule has 1 N–H and O–H groups in total. The lowest BCUT2D eigenvalue weighted by atomic mass is 9.74. The Morgan fingerprint density at radius 1 is 1.12 bits per heavy atom. The lowest BCUT2D eigenvalue weighted by molar-refractivity contribution is -0.0215. The quantitative estimate of drug-likeness (QED) is 0.867. The van der Waals surface area contributed by atoms with E-state index in [1.807, 2.05) is 31.2 Å². The van der Waals surface area contributed by atoms with Gasteiger partial charge >= 0.3 is 0 Å². The summed E-state index contributed by atoms with van der Waals surface area (Å²) in [7, 11) is 1.66. The van der Waals surface area contributed by atoms with Gasteiger partial charge in [-0.25, -0.2) is 0 Å². The van der Waals surface area contributed by atoms with Gasteiger partial charge in [0.05, 0.1) is 12.7 Å². The van der Waals surface area contributed by atoms with Gasteiger partial charge in [0.2, 0.25) is 0 Å². The van der Waals surface area contributed by atoms with Crippen LogP contribution in [0.3, 0.4) is 0 Å². The molecule has 1 atom stereocenters. The summed E-state index contributed by atoms with van der Waals surface area (Å²) in [5.41, 5.74) is 0.303. The molecule has 1 aromatic carbocycles. The predicted octanol–water partition coefficient (Wildman–Crippen LogP) is 3.48. The normalized spacial score (nSPS) is 20.9. The van der Waals surface area contributed by atoms with Crippen molar-refractivity contribution in [1.82, 2.24) is 0 Å². The number of hydrogen-bond donors (Lipinski definition) is 1. The zero-order valence-corrected chi connectivity index (χ0v) is 10.8. The van der Waals surface area contributed by atoms with Crippen LogP contribution in [0.1, 0.15) is 44.6 Å². The fraction of sp³-hybridized carbons (Fsp3) is 0.600. The average molecular weight is 234 g/mol. The summed E-state index contributed by atoms with van der Waals surface area (Å²) in [5, 5.41) is 10.7. The first-order chi connectivity index (χ1) is 8.14. The summed E-state index contributed by atoms with van der Waals surface area (Å²) in [4.78, 5) is 0. The van der Waals surface area contributed by atoms with Crippen LogP contribution in [-0.2, 0) is 5.60 Å². The van der Waals surface area contributed by atoms with Crippen molar-refractivity contribution in [3.05, 3.63) is 29.8 Å². The molecule has 1 aliphatic rings. The maximum atomic E-state index is 10.7. The Morgan fingerprint density at radius 3 is 2.24 bits per heavy atom. The van der Waals surface area contributed by atoms with E-state index in [2.05, 4.69) is 0 Å². The molecule has 2 nitrogen and oxygen atoms in total. The molecule has 1 fully saturated rings. The molecular weight excluding hydrogens is 212 g/mol. The molecule has 1 aliphatic carbocycles. The van der Waals surface area contributed by atoms with Crippen molar-refractivity contribution in [3.63, 3.8) is 0 Å². The third kappa shape index (κ3) is 2.63. The minimum absolute atomic E-state index is 0.393. The third-order valence-corrected chi connectivity index (χ3v) is 4.07. The van der Waals surface area contributed by atoms with Gasteiger partial charge in [-0.3, -0.25) is 0 Å². The van der Waals surface area contributed by atoms with Crippen molar-refractivity contribution in [3.8, 4) is 5.75 Å². The highest BCUT2D eigenvalue weighted by Gasteiger charge is 2.34. The van der Waals surface area contributed by atoms with E-state index in [4.69, 9.17) is 4.74 Å². The Bertz CT molecular complexity index is 348. The van der Waals surface area contributed by atoms with Gasteiger partial charge in [-0.05, 0) is 43.4 Å². The second-order valence-corrected chi connectivity index (χ2v) is 5.21. The standard InChI is InChI=1S/C15H22O2/c1-15(16,12-6-4-3-5-7-12)13-8-10-14(17-2)11-9-13/h8-12,16H,3-7H2,1-2H3/t15-/m1/s1. The zero-order chi connectivity index (χ0) is 12.3. The van der Waals surface area contributed by atoms with Crippen molar-refractivity contribution < 1.29 is 9.84 Å². The number of rotatable bonds is 3. The molecule has 2 heteroatoms. The van der Waals surface area contributed by atoms with E-state index >= 15 is 0 Å². The van der Waals surface area contributed by atoms with Crippen molar-refractivity contribution in [2.75, 3.05) is 7.11 Å². The minimum atomic E-state index is -0.702. The summed E-state index contributed by atoms with van der Waals surface area (Å²) in [6.45, 7) is 1.95.